The molecule has 19 heavy (non-hydrogen) atoms. The number of aliphatic hydroxyl groups excluding tert-OH is 1. The molecular formula is C13H17N3OS2. The fraction of sp³-hybridized carbons (Fsp3) is 0.385. The zero-order valence-electron chi connectivity index (χ0n) is 10.8. The van der Waals surface area contributed by atoms with Gasteiger partial charge in [0.05, 0.1) is 18.2 Å². The zero-order chi connectivity index (χ0) is 13.5. The monoisotopic (exact) mass is 295 g/mol. The largest absolute Gasteiger partial charge is 0.396 e. The summed E-state index contributed by atoms with van der Waals surface area (Å²) < 4.78 is 0. The Morgan fingerprint density at radius 3 is 3.05 bits per heavy atom. The van der Waals surface area contributed by atoms with Crippen LogP contribution in [0.4, 0.5) is 5.82 Å². The molecule has 2 heterocycles. The molecule has 0 saturated carbocycles. The summed E-state index contributed by atoms with van der Waals surface area (Å²) in [7, 11) is 0. The summed E-state index contributed by atoms with van der Waals surface area (Å²) in [5, 5.41) is 13.1. The first kappa shape index (κ1) is 14.3. The predicted octanol–water partition coefficient (Wildman–Crippen LogP) is 2.68. The average molecular weight is 295 g/mol. The molecule has 0 aliphatic rings. The molecule has 0 bridgehead atoms. The topological polar surface area (TPSA) is 58.0 Å². The van der Waals surface area contributed by atoms with Gasteiger partial charge >= 0.3 is 0 Å². The summed E-state index contributed by atoms with van der Waals surface area (Å²) in [6, 6.07) is 4.06. The Morgan fingerprint density at radius 2 is 2.32 bits per heavy atom. The highest BCUT2D eigenvalue weighted by Gasteiger charge is 2.00. The van der Waals surface area contributed by atoms with Crippen molar-refractivity contribution < 1.29 is 5.11 Å². The van der Waals surface area contributed by atoms with Crippen molar-refractivity contribution in [3.63, 3.8) is 0 Å². The molecule has 0 amide bonds. The summed E-state index contributed by atoms with van der Waals surface area (Å²) in [6.07, 6.45) is 3.71. The van der Waals surface area contributed by atoms with Crippen LogP contribution in [0.1, 0.15) is 15.4 Å². The van der Waals surface area contributed by atoms with Crippen LogP contribution in [-0.2, 0) is 12.3 Å². The number of thiazole rings is 1. The van der Waals surface area contributed by atoms with E-state index in [2.05, 4.69) is 21.4 Å². The van der Waals surface area contributed by atoms with Crippen LogP contribution in [0, 0.1) is 6.92 Å². The third-order valence-corrected chi connectivity index (χ3v) is 4.36. The van der Waals surface area contributed by atoms with Crippen molar-refractivity contribution in [1.29, 1.82) is 0 Å². The standard InChI is InChI=1S/C13H17N3OS2/c1-10-15-7-12(19-10)8-16-13-6-11(2-3-14-13)9-18-5-4-17/h2-3,6-7,17H,4-5,8-9H2,1H3,(H,14,16). The number of nitrogens with zero attached hydrogens (tertiary/aromatic N) is 2. The fourth-order valence-corrected chi connectivity index (χ4v) is 3.00. The van der Waals surface area contributed by atoms with Crippen molar-refractivity contribution in [3.8, 4) is 0 Å². The zero-order valence-corrected chi connectivity index (χ0v) is 12.4. The number of hydrogen-bond acceptors (Lipinski definition) is 6. The van der Waals surface area contributed by atoms with Gasteiger partial charge in [0.15, 0.2) is 0 Å². The van der Waals surface area contributed by atoms with Gasteiger partial charge < -0.3 is 10.4 Å². The lowest BCUT2D eigenvalue weighted by molar-refractivity contribution is 0.322. The third kappa shape index (κ3) is 4.81. The molecule has 0 radical (unpaired) electrons. The van der Waals surface area contributed by atoms with E-state index in [0.29, 0.717) is 0 Å². The van der Waals surface area contributed by atoms with Crippen molar-refractivity contribution in [2.75, 3.05) is 17.7 Å². The van der Waals surface area contributed by atoms with Gasteiger partial charge in [-0.2, -0.15) is 11.8 Å². The molecule has 0 saturated heterocycles. The number of rotatable bonds is 7. The molecule has 2 aromatic heterocycles. The number of hydrogen-bond donors (Lipinski definition) is 2. The number of aliphatic hydroxyl groups is 1. The maximum atomic E-state index is 8.76. The highest BCUT2D eigenvalue weighted by molar-refractivity contribution is 7.98. The highest BCUT2D eigenvalue weighted by Crippen LogP contribution is 2.16. The molecular weight excluding hydrogens is 278 g/mol. The quantitative estimate of drug-likeness (QED) is 0.769. The molecule has 4 nitrogen and oxygen atoms in total. The minimum atomic E-state index is 0.228. The normalized spacial score (nSPS) is 10.6. The second kappa shape index (κ2) is 7.47. The van der Waals surface area contributed by atoms with E-state index in [1.54, 1.807) is 23.1 Å². The van der Waals surface area contributed by atoms with Crippen molar-refractivity contribution in [3.05, 3.63) is 40.0 Å². The van der Waals surface area contributed by atoms with Crippen molar-refractivity contribution in [1.82, 2.24) is 9.97 Å². The Bertz CT molecular complexity index is 516. The van der Waals surface area contributed by atoms with E-state index in [4.69, 9.17) is 5.11 Å². The Balaban J connectivity index is 1.87. The summed E-state index contributed by atoms with van der Waals surface area (Å²) in [4.78, 5) is 9.74. The molecule has 0 aliphatic heterocycles. The fourth-order valence-electron chi connectivity index (χ4n) is 1.58. The van der Waals surface area contributed by atoms with E-state index in [1.807, 2.05) is 25.4 Å². The molecule has 0 aliphatic carbocycles. The number of nitrogens with one attached hydrogen (secondary N) is 1. The van der Waals surface area contributed by atoms with Crippen LogP contribution >= 0.6 is 23.1 Å². The first-order valence-corrected chi connectivity index (χ1v) is 8.04. The number of anilines is 1. The Labute approximate surface area is 121 Å². The van der Waals surface area contributed by atoms with Gasteiger partial charge in [-0.15, -0.1) is 11.3 Å². The first-order chi connectivity index (χ1) is 9.28. The van der Waals surface area contributed by atoms with E-state index in [0.717, 1.165) is 28.9 Å². The van der Waals surface area contributed by atoms with Crippen LogP contribution in [0.2, 0.25) is 0 Å². The third-order valence-electron chi connectivity index (χ3n) is 2.44. The lowest BCUT2D eigenvalue weighted by atomic mass is 10.3. The van der Waals surface area contributed by atoms with Gasteiger partial charge in [-0.1, -0.05) is 0 Å². The number of aromatic nitrogens is 2. The minimum absolute atomic E-state index is 0.228. The van der Waals surface area contributed by atoms with Crippen molar-refractivity contribution >= 4 is 28.9 Å². The SMILES string of the molecule is Cc1ncc(CNc2cc(CSCCO)ccn2)s1. The summed E-state index contributed by atoms with van der Waals surface area (Å²) in [6.45, 7) is 2.99. The van der Waals surface area contributed by atoms with Crippen LogP contribution < -0.4 is 5.32 Å². The second-order valence-corrected chi connectivity index (χ2v) is 6.45. The predicted molar refractivity (Wildman–Crippen MR) is 81.7 cm³/mol. The van der Waals surface area contributed by atoms with Gasteiger partial charge in [0, 0.05) is 28.8 Å². The van der Waals surface area contributed by atoms with Crippen molar-refractivity contribution in [2.45, 2.75) is 19.2 Å². The van der Waals surface area contributed by atoms with Gasteiger partial charge in [0.1, 0.15) is 5.82 Å². The molecule has 2 N–H and O–H groups in total. The molecule has 0 spiro atoms. The van der Waals surface area contributed by atoms with E-state index < -0.39 is 0 Å². The Morgan fingerprint density at radius 1 is 1.42 bits per heavy atom. The van der Waals surface area contributed by atoms with Gasteiger partial charge in [-0.05, 0) is 24.6 Å². The Kier molecular flexibility index (Phi) is 5.62. The molecule has 6 heteroatoms. The van der Waals surface area contributed by atoms with E-state index >= 15 is 0 Å². The lowest BCUT2D eigenvalue weighted by Crippen LogP contribution is -2.00. The molecule has 0 unspecified atom stereocenters. The summed E-state index contributed by atoms with van der Waals surface area (Å²) >= 11 is 3.41. The Hall–Kier alpha value is -1.11. The van der Waals surface area contributed by atoms with Crippen LogP contribution in [0.5, 0.6) is 0 Å². The van der Waals surface area contributed by atoms with Crippen LogP contribution in [-0.4, -0.2) is 27.4 Å². The van der Waals surface area contributed by atoms with Gasteiger partial charge in [0.2, 0.25) is 0 Å². The molecule has 2 aromatic rings. The van der Waals surface area contributed by atoms with E-state index in [1.165, 1.54) is 10.4 Å². The minimum Gasteiger partial charge on any atom is -0.396 e. The summed E-state index contributed by atoms with van der Waals surface area (Å²) in [5.41, 5.74) is 1.22. The number of thioether (sulfide) groups is 1. The smallest absolute Gasteiger partial charge is 0.126 e. The molecule has 0 atom stereocenters. The van der Waals surface area contributed by atoms with Gasteiger partial charge in [0.25, 0.3) is 0 Å². The lowest BCUT2D eigenvalue weighted by Gasteiger charge is -2.06. The van der Waals surface area contributed by atoms with Crippen LogP contribution in [0.15, 0.2) is 24.5 Å². The highest BCUT2D eigenvalue weighted by atomic mass is 32.2. The number of aryl methyl sites for hydroxylation is 1. The summed E-state index contributed by atoms with van der Waals surface area (Å²) in [5.74, 6) is 2.55. The van der Waals surface area contributed by atoms with Gasteiger partial charge in [-0.3, -0.25) is 0 Å². The maximum Gasteiger partial charge on any atom is 0.126 e. The average Bonchev–Trinajstić information content (AvgIpc) is 2.83. The first-order valence-electron chi connectivity index (χ1n) is 6.06. The molecule has 102 valence electrons. The molecule has 2 rings (SSSR count). The van der Waals surface area contributed by atoms with E-state index in [9.17, 15) is 0 Å². The molecule has 0 fully saturated rings. The van der Waals surface area contributed by atoms with Crippen LogP contribution in [0.3, 0.4) is 0 Å². The molecule has 0 aromatic carbocycles. The van der Waals surface area contributed by atoms with E-state index in [-0.39, 0.29) is 6.61 Å². The second-order valence-electron chi connectivity index (χ2n) is 4.02. The van der Waals surface area contributed by atoms with Crippen molar-refractivity contribution in [2.24, 2.45) is 0 Å². The number of pyridine rings is 1. The van der Waals surface area contributed by atoms with Crippen LogP contribution in [0.25, 0.3) is 0 Å². The van der Waals surface area contributed by atoms with Gasteiger partial charge in [-0.25, -0.2) is 9.97 Å². The maximum absolute atomic E-state index is 8.76.